The summed E-state index contributed by atoms with van der Waals surface area (Å²) < 4.78 is 1.92. The maximum atomic E-state index is 11.0. The smallest absolute Gasteiger partial charge is 0.144 e. The Balaban J connectivity index is 2.13. The number of hydrogen-bond donors (Lipinski definition) is 0. The number of allylic oxidation sites excluding steroid dienone is 1. The minimum absolute atomic E-state index is 0.624. The SMILES string of the molecule is O=C/C=C/n1ccnc1C(c1ccccc1)(c1ccccc1)c1ccccc1. The topological polar surface area (TPSA) is 34.9 Å². The second-order valence-electron chi connectivity index (χ2n) is 6.48. The quantitative estimate of drug-likeness (QED) is 0.276. The highest BCUT2D eigenvalue weighted by Gasteiger charge is 2.41. The van der Waals surface area contributed by atoms with Crippen molar-refractivity contribution in [3.8, 4) is 0 Å². The third-order valence-corrected chi connectivity index (χ3v) is 4.95. The summed E-state index contributed by atoms with van der Waals surface area (Å²) in [4.78, 5) is 15.7. The molecule has 0 bridgehead atoms. The second-order valence-corrected chi connectivity index (χ2v) is 6.48. The van der Waals surface area contributed by atoms with Crippen LogP contribution in [0.5, 0.6) is 0 Å². The van der Waals surface area contributed by atoms with Gasteiger partial charge in [0, 0.05) is 18.6 Å². The number of nitrogens with zero attached hydrogens (tertiary/aromatic N) is 2. The van der Waals surface area contributed by atoms with Gasteiger partial charge in [-0.1, -0.05) is 91.0 Å². The molecule has 0 aliphatic heterocycles. The number of imidazole rings is 1. The fourth-order valence-corrected chi connectivity index (χ4v) is 3.80. The number of hydrogen-bond acceptors (Lipinski definition) is 2. The molecule has 0 saturated carbocycles. The van der Waals surface area contributed by atoms with Crippen LogP contribution in [-0.4, -0.2) is 15.8 Å². The number of aldehydes is 1. The molecule has 4 rings (SSSR count). The van der Waals surface area contributed by atoms with E-state index in [-0.39, 0.29) is 0 Å². The molecule has 0 amide bonds. The highest BCUT2D eigenvalue weighted by atomic mass is 16.1. The Hall–Kier alpha value is -3.72. The Kier molecular flexibility index (Phi) is 4.98. The van der Waals surface area contributed by atoms with Crippen molar-refractivity contribution < 1.29 is 4.79 Å². The Bertz CT molecular complexity index is 971. The van der Waals surface area contributed by atoms with Crippen LogP contribution in [0.4, 0.5) is 0 Å². The molecule has 3 heteroatoms. The molecular weight excluding hydrogens is 344 g/mol. The van der Waals surface area contributed by atoms with Gasteiger partial charge in [0.2, 0.25) is 0 Å². The van der Waals surface area contributed by atoms with E-state index in [4.69, 9.17) is 4.98 Å². The molecule has 0 unspecified atom stereocenters. The summed E-state index contributed by atoms with van der Waals surface area (Å²) in [7, 11) is 0. The van der Waals surface area contributed by atoms with Crippen molar-refractivity contribution in [3.05, 3.63) is 132 Å². The molecule has 0 atom stereocenters. The van der Waals surface area contributed by atoms with Crippen molar-refractivity contribution in [1.29, 1.82) is 0 Å². The van der Waals surface area contributed by atoms with E-state index in [1.807, 2.05) is 65.4 Å². The van der Waals surface area contributed by atoms with Crippen molar-refractivity contribution in [2.75, 3.05) is 0 Å². The zero-order valence-electron chi connectivity index (χ0n) is 15.3. The molecule has 0 radical (unpaired) electrons. The number of rotatable bonds is 6. The first-order valence-corrected chi connectivity index (χ1v) is 9.19. The van der Waals surface area contributed by atoms with Crippen LogP contribution in [0.15, 0.2) is 109 Å². The van der Waals surface area contributed by atoms with E-state index in [9.17, 15) is 4.79 Å². The lowest BCUT2D eigenvalue weighted by Crippen LogP contribution is -2.33. The number of carbonyl (C=O) groups is 1. The van der Waals surface area contributed by atoms with E-state index in [1.54, 1.807) is 12.4 Å². The van der Waals surface area contributed by atoms with Gasteiger partial charge in [-0.3, -0.25) is 4.79 Å². The standard InChI is InChI=1S/C25H20N2O/c28-20-10-18-27-19-17-26-24(27)25(21-11-4-1-5-12-21,22-13-6-2-7-14-22)23-15-8-3-9-16-23/h1-20H/b18-10+. The average Bonchev–Trinajstić information content (AvgIpc) is 3.24. The molecule has 0 fully saturated rings. The Morgan fingerprint density at radius 3 is 1.61 bits per heavy atom. The van der Waals surface area contributed by atoms with Crippen LogP contribution in [0.2, 0.25) is 0 Å². The summed E-state index contributed by atoms with van der Waals surface area (Å²) in [6.07, 6.45) is 7.65. The largest absolute Gasteiger partial charge is 0.309 e. The number of carbonyl (C=O) groups excluding carboxylic acids is 1. The van der Waals surface area contributed by atoms with Gasteiger partial charge in [-0.15, -0.1) is 0 Å². The molecule has 3 aromatic carbocycles. The third-order valence-electron chi connectivity index (χ3n) is 4.95. The maximum absolute atomic E-state index is 11.0. The van der Waals surface area contributed by atoms with Gasteiger partial charge < -0.3 is 4.57 Å². The second kappa shape index (κ2) is 7.89. The van der Waals surface area contributed by atoms with E-state index in [2.05, 4.69) is 36.4 Å². The lowest BCUT2D eigenvalue weighted by atomic mass is 9.68. The highest BCUT2D eigenvalue weighted by Crippen LogP contribution is 2.44. The average molecular weight is 364 g/mol. The predicted molar refractivity (Wildman–Crippen MR) is 112 cm³/mol. The minimum atomic E-state index is -0.624. The molecule has 136 valence electrons. The first-order chi connectivity index (χ1) is 13.9. The van der Waals surface area contributed by atoms with Crippen LogP contribution < -0.4 is 0 Å². The Morgan fingerprint density at radius 1 is 0.714 bits per heavy atom. The summed E-state index contributed by atoms with van der Waals surface area (Å²) in [5.74, 6) is 0.828. The van der Waals surface area contributed by atoms with Gasteiger partial charge >= 0.3 is 0 Å². The molecule has 3 nitrogen and oxygen atoms in total. The fourth-order valence-electron chi connectivity index (χ4n) is 3.80. The molecule has 0 aliphatic rings. The van der Waals surface area contributed by atoms with Crippen LogP contribution >= 0.6 is 0 Å². The molecule has 28 heavy (non-hydrogen) atoms. The van der Waals surface area contributed by atoms with Crippen LogP contribution in [0.25, 0.3) is 6.20 Å². The molecule has 1 heterocycles. The maximum Gasteiger partial charge on any atom is 0.144 e. The first-order valence-electron chi connectivity index (χ1n) is 9.19. The number of benzene rings is 3. The summed E-state index contributed by atoms with van der Waals surface area (Å²) in [5, 5.41) is 0. The van der Waals surface area contributed by atoms with Crippen molar-refractivity contribution in [3.63, 3.8) is 0 Å². The normalized spacial score (nSPS) is 11.6. The van der Waals surface area contributed by atoms with Gasteiger partial charge in [0.15, 0.2) is 0 Å². The lowest BCUT2D eigenvalue weighted by molar-refractivity contribution is -0.104. The van der Waals surface area contributed by atoms with Crippen LogP contribution in [0.1, 0.15) is 22.5 Å². The lowest BCUT2D eigenvalue weighted by Gasteiger charge is -2.35. The molecule has 1 aromatic heterocycles. The monoisotopic (exact) mass is 364 g/mol. The summed E-state index contributed by atoms with van der Waals surface area (Å²) in [6, 6.07) is 31.1. The summed E-state index contributed by atoms with van der Waals surface area (Å²) >= 11 is 0. The van der Waals surface area contributed by atoms with E-state index in [0.29, 0.717) is 0 Å². The van der Waals surface area contributed by atoms with Crippen molar-refractivity contribution in [2.45, 2.75) is 5.41 Å². The van der Waals surface area contributed by atoms with E-state index < -0.39 is 5.41 Å². The minimum Gasteiger partial charge on any atom is -0.309 e. The van der Waals surface area contributed by atoms with Crippen LogP contribution in [0, 0.1) is 0 Å². The molecule has 4 aromatic rings. The van der Waals surface area contributed by atoms with E-state index in [1.165, 1.54) is 6.08 Å². The van der Waals surface area contributed by atoms with Crippen LogP contribution in [0.3, 0.4) is 0 Å². The van der Waals surface area contributed by atoms with Gasteiger partial charge in [-0.2, -0.15) is 0 Å². The van der Waals surface area contributed by atoms with Crippen molar-refractivity contribution >= 4 is 12.5 Å². The predicted octanol–water partition coefficient (Wildman–Crippen LogP) is 4.94. The van der Waals surface area contributed by atoms with Gasteiger partial charge in [-0.25, -0.2) is 4.98 Å². The van der Waals surface area contributed by atoms with Gasteiger partial charge in [-0.05, 0) is 22.8 Å². The molecule has 0 spiro atoms. The van der Waals surface area contributed by atoms with Gasteiger partial charge in [0.05, 0.1) is 0 Å². The Morgan fingerprint density at radius 2 is 1.18 bits per heavy atom. The van der Waals surface area contributed by atoms with Crippen molar-refractivity contribution in [2.24, 2.45) is 0 Å². The zero-order valence-corrected chi connectivity index (χ0v) is 15.3. The van der Waals surface area contributed by atoms with E-state index >= 15 is 0 Å². The Labute approximate surface area is 164 Å². The zero-order chi connectivity index (χ0) is 19.2. The molecular formula is C25H20N2O. The molecule has 0 N–H and O–H groups in total. The molecule has 0 saturated heterocycles. The fraction of sp³-hybridized carbons (Fsp3) is 0.0400. The number of aromatic nitrogens is 2. The highest BCUT2D eigenvalue weighted by molar-refractivity contribution is 5.70. The van der Waals surface area contributed by atoms with E-state index in [0.717, 1.165) is 28.8 Å². The third kappa shape index (κ3) is 2.97. The summed E-state index contributed by atoms with van der Waals surface area (Å²) in [6.45, 7) is 0. The first kappa shape index (κ1) is 17.7. The van der Waals surface area contributed by atoms with Crippen LogP contribution in [-0.2, 0) is 10.2 Å². The van der Waals surface area contributed by atoms with Crippen molar-refractivity contribution in [1.82, 2.24) is 9.55 Å². The molecule has 0 aliphatic carbocycles. The summed E-state index contributed by atoms with van der Waals surface area (Å²) in [5.41, 5.74) is 2.71. The van der Waals surface area contributed by atoms with Gasteiger partial charge in [0.1, 0.15) is 17.5 Å². The van der Waals surface area contributed by atoms with Gasteiger partial charge in [0.25, 0.3) is 0 Å².